The van der Waals surface area contributed by atoms with E-state index in [-0.39, 0.29) is 33.8 Å². The Morgan fingerprint density at radius 3 is 2.79 bits per heavy atom. The average Bonchev–Trinajstić information content (AvgIpc) is 3.57. The predicted octanol–water partition coefficient (Wildman–Crippen LogP) is 1.53. The van der Waals surface area contributed by atoms with Crippen molar-refractivity contribution < 1.29 is 28.7 Å². The predicted molar refractivity (Wildman–Crippen MR) is 142 cm³/mol. The van der Waals surface area contributed by atoms with E-state index in [0.717, 1.165) is 11.3 Å². The maximum atomic E-state index is 13.2. The van der Waals surface area contributed by atoms with Crippen LogP contribution in [0.25, 0.3) is 11.4 Å². The minimum absolute atomic E-state index is 0.130. The van der Waals surface area contributed by atoms with Crippen LogP contribution in [0.15, 0.2) is 51.2 Å². The monoisotopic (exact) mass is 590 g/mol. The maximum absolute atomic E-state index is 13.2. The Bertz CT molecular complexity index is 1510. The molecule has 4 heterocycles. The van der Waals surface area contributed by atoms with Gasteiger partial charge in [0, 0.05) is 22.4 Å². The Morgan fingerprint density at radius 2 is 2.13 bits per heavy atom. The Kier molecular flexibility index (Phi) is 7.53. The SMILES string of the molecule is CO/N=C(/C(=O)N[C@@H]1C(=O)N2C(C(=O)O)=C(CSc3n[nH]c(-c4ccc(F)cc4)n3)CSC12)c1csc(N)n1. The molecular formula is C22H19FN8O5S3. The summed E-state index contributed by atoms with van der Waals surface area (Å²) in [5.41, 5.74) is 6.71. The lowest BCUT2D eigenvalue weighted by atomic mass is 10.0. The number of nitrogens with zero attached hydrogens (tertiary/aromatic N) is 5. The van der Waals surface area contributed by atoms with Crippen molar-refractivity contribution >= 4 is 63.5 Å². The van der Waals surface area contributed by atoms with Crippen molar-refractivity contribution in [1.29, 1.82) is 0 Å². The van der Waals surface area contributed by atoms with Gasteiger partial charge in [0.2, 0.25) is 5.16 Å². The number of β-lactam (4-membered cyclic amide) rings is 1. The number of nitrogen functional groups attached to an aromatic ring is 1. The van der Waals surface area contributed by atoms with Crippen molar-refractivity contribution in [2.75, 3.05) is 24.3 Å². The first-order valence-electron chi connectivity index (χ1n) is 11.1. The van der Waals surface area contributed by atoms with Gasteiger partial charge in [-0.25, -0.2) is 19.2 Å². The normalized spacial score (nSPS) is 19.0. The summed E-state index contributed by atoms with van der Waals surface area (Å²) < 4.78 is 13.2. The summed E-state index contributed by atoms with van der Waals surface area (Å²) in [6.45, 7) is 0. The fourth-order valence-electron chi connectivity index (χ4n) is 3.90. The van der Waals surface area contributed by atoms with Crippen LogP contribution in [0.4, 0.5) is 9.52 Å². The number of carbonyl (C=O) groups is 3. The van der Waals surface area contributed by atoms with Crippen molar-refractivity contribution in [2.24, 2.45) is 5.16 Å². The third-order valence-electron chi connectivity index (χ3n) is 5.66. The minimum Gasteiger partial charge on any atom is -0.477 e. The number of nitrogens with two attached hydrogens (primary N) is 1. The molecule has 202 valence electrons. The number of H-pyrrole nitrogens is 1. The highest BCUT2D eigenvalue weighted by atomic mass is 32.2. The number of fused-ring (bicyclic) bond motifs is 1. The number of oxime groups is 1. The Hall–Kier alpha value is -3.96. The highest BCUT2D eigenvalue weighted by Gasteiger charge is 2.54. The first-order chi connectivity index (χ1) is 18.8. The van der Waals surface area contributed by atoms with E-state index in [0.29, 0.717) is 27.9 Å². The van der Waals surface area contributed by atoms with Gasteiger partial charge in [-0.1, -0.05) is 16.9 Å². The molecule has 0 radical (unpaired) electrons. The fourth-order valence-corrected chi connectivity index (χ4v) is 6.73. The molecule has 2 aliphatic heterocycles. The van der Waals surface area contributed by atoms with Crippen molar-refractivity contribution in [1.82, 2.24) is 30.4 Å². The number of thiazole rings is 1. The summed E-state index contributed by atoms with van der Waals surface area (Å²) in [5, 5.41) is 24.7. The van der Waals surface area contributed by atoms with Crippen LogP contribution in [-0.4, -0.2) is 83.7 Å². The van der Waals surface area contributed by atoms with Crippen LogP contribution in [0.3, 0.4) is 0 Å². The van der Waals surface area contributed by atoms with Crippen LogP contribution in [0.1, 0.15) is 5.69 Å². The van der Waals surface area contributed by atoms with E-state index < -0.39 is 29.2 Å². The molecule has 1 saturated heterocycles. The molecule has 2 atom stereocenters. The molecule has 13 nitrogen and oxygen atoms in total. The number of amides is 2. The third-order valence-corrected chi connectivity index (χ3v) is 8.60. The standard InChI is InChI=1S/C22H19FN8O5S3/c1-36-30-13(12-8-38-21(24)25-12)17(32)26-14-18(33)31-15(20(34)35)10(6-37-19(14)31)7-39-22-27-16(28-29-22)9-2-4-11(23)5-3-9/h2-5,8,14,19H,6-7H2,1H3,(H2,24,25)(H,26,32)(H,34,35)(H,27,28,29)/b30-13+/t14-,19?/m1/s1. The number of aromatic nitrogens is 4. The van der Waals surface area contributed by atoms with Gasteiger partial charge in [-0.05, 0) is 29.8 Å². The molecule has 1 fully saturated rings. The molecule has 17 heteroatoms. The second kappa shape index (κ2) is 11.0. The van der Waals surface area contributed by atoms with Gasteiger partial charge in [-0.2, -0.15) is 0 Å². The molecule has 1 aromatic carbocycles. The van der Waals surface area contributed by atoms with Gasteiger partial charge in [0.25, 0.3) is 11.8 Å². The number of anilines is 1. The molecule has 0 spiro atoms. The Labute approximate surface area is 232 Å². The second-order valence-electron chi connectivity index (χ2n) is 8.07. The van der Waals surface area contributed by atoms with E-state index in [9.17, 15) is 23.9 Å². The van der Waals surface area contributed by atoms with E-state index in [4.69, 9.17) is 10.6 Å². The smallest absolute Gasteiger partial charge is 0.352 e. The number of hydrogen-bond acceptors (Lipinski definition) is 12. The third kappa shape index (κ3) is 5.32. The first kappa shape index (κ1) is 26.6. The molecule has 2 amide bonds. The van der Waals surface area contributed by atoms with Crippen LogP contribution in [0, 0.1) is 5.82 Å². The number of halogens is 1. The molecule has 3 aromatic rings. The van der Waals surface area contributed by atoms with Gasteiger partial charge in [0.05, 0.1) is 0 Å². The highest BCUT2D eigenvalue weighted by Crippen LogP contribution is 2.41. The molecule has 1 unspecified atom stereocenters. The summed E-state index contributed by atoms with van der Waals surface area (Å²) in [7, 11) is 1.27. The number of benzene rings is 1. The van der Waals surface area contributed by atoms with E-state index in [1.54, 1.807) is 12.1 Å². The molecule has 39 heavy (non-hydrogen) atoms. The fraction of sp³-hybridized carbons (Fsp3) is 0.227. The zero-order chi connectivity index (χ0) is 27.7. The van der Waals surface area contributed by atoms with Gasteiger partial charge in [-0.3, -0.25) is 19.6 Å². The summed E-state index contributed by atoms with van der Waals surface area (Å²) in [4.78, 5) is 52.4. The van der Waals surface area contributed by atoms with Crippen LogP contribution >= 0.6 is 34.9 Å². The van der Waals surface area contributed by atoms with Gasteiger partial charge >= 0.3 is 5.97 Å². The van der Waals surface area contributed by atoms with Gasteiger partial charge < -0.3 is 21.0 Å². The Morgan fingerprint density at radius 1 is 1.36 bits per heavy atom. The lowest BCUT2D eigenvalue weighted by Crippen LogP contribution is -2.71. The molecule has 5 rings (SSSR count). The number of nitrogens with one attached hydrogen (secondary N) is 2. The molecular weight excluding hydrogens is 571 g/mol. The molecule has 2 aromatic heterocycles. The zero-order valence-corrected chi connectivity index (χ0v) is 22.4. The van der Waals surface area contributed by atoms with E-state index in [1.807, 2.05) is 0 Å². The van der Waals surface area contributed by atoms with Gasteiger partial charge in [-0.15, -0.1) is 28.2 Å². The number of aromatic amines is 1. The summed E-state index contributed by atoms with van der Waals surface area (Å²) in [6, 6.07) is 4.78. The molecule has 0 bridgehead atoms. The average molecular weight is 591 g/mol. The molecule has 0 aliphatic carbocycles. The summed E-state index contributed by atoms with van der Waals surface area (Å²) in [5.74, 6) is -1.92. The van der Waals surface area contributed by atoms with Crippen molar-refractivity contribution in [3.63, 3.8) is 0 Å². The largest absolute Gasteiger partial charge is 0.477 e. The van der Waals surface area contributed by atoms with E-state index in [2.05, 4.69) is 30.6 Å². The van der Waals surface area contributed by atoms with Gasteiger partial charge in [0.15, 0.2) is 16.7 Å². The van der Waals surface area contributed by atoms with Crippen LogP contribution < -0.4 is 11.1 Å². The van der Waals surface area contributed by atoms with Crippen molar-refractivity contribution in [3.8, 4) is 11.4 Å². The number of carbonyl (C=O) groups excluding carboxylic acids is 2. The second-order valence-corrected chi connectivity index (χ2v) is 11.0. The number of rotatable bonds is 9. The van der Waals surface area contributed by atoms with Crippen LogP contribution in [-0.2, 0) is 19.2 Å². The topological polar surface area (TPSA) is 189 Å². The van der Waals surface area contributed by atoms with Gasteiger partial charge in [0.1, 0.15) is 35.7 Å². The summed E-state index contributed by atoms with van der Waals surface area (Å²) >= 11 is 3.64. The summed E-state index contributed by atoms with van der Waals surface area (Å²) in [6.07, 6.45) is 0. The molecule has 5 N–H and O–H groups in total. The minimum atomic E-state index is -1.25. The molecule has 0 saturated carbocycles. The lowest BCUT2D eigenvalue weighted by molar-refractivity contribution is -0.150. The van der Waals surface area contributed by atoms with Crippen molar-refractivity contribution in [2.45, 2.75) is 16.6 Å². The van der Waals surface area contributed by atoms with E-state index in [1.165, 1.54) is 53.0 Å². The quantitative estimate of drug-likeness (QED) is 0.122. The number of thioether (sulfide) groups is 2. The number of carboxylic acids is 1. The van der Waals surface area contributed by atoms with Crippen LogP contribution in [0.5, 0.6) is 0 Å². The zero-order valence-electron chi connectivity index (χ0n) is 20.0. The Balaban J connectivity index is 1.27. The first-order valence-corrected chi connectivity index (χ1v) is 14.0. The lowest BCUT2D eigenvalue weighted by Gasteiger charge is -2.49. The van der Waals surface area contributed by atoms with E-state index >= 15 is 0 Å². The highest BCUT2D eigenvalue weighted by molar-refractivity contribution is 8.01. The molecule has 2 aliphatic rings. The van der Waals surface area contributed by atoms with Crippen molar-refractivity contribution in [3.05, 3.63) is 52.4 Å². The number of aliphatic carboxylic acids is 1. The number of hydrogen-bond donors (Lipinski definition) is 4. The maximum Gasteiger partial charge on any atom is 0.352 e. The number of carboxylic acid groups (broad SMARTS) is 1. The van der Waals surface area contributed by atoms with Crippen LogP contribution in [0.2, 0.25) is 0 Å².